The van der Waals surface area contributed by atoms with Gasteiger partial charge in [0.05, 0.1) is 6.20 Å². The second kappa shape index (κ2) is 4.49. The van der Waals surface area contributed by atoms with E-state index in [1.54, 1.807) is 0 Å². The SMILES string of the molecule is Cc1ccc(Oc2nc(Br)cnc2N)cc1. The minimum absolute atomic E-state index is 0.267. The number of aryl methyl sites for hydroxylation is 1. The van der Waals surface area contributed by atoms with E-state index in [0.29, 0.717) is 16.2 Å². The van der Waals surface area contributed by atoms with Gasteiger partial charge in [-0.1, -0.05) is 17.7 Å². The van der Waals surface area contributed by atoms with Crippen LogP contribution in [0.25, 0.3) is 0 Å². The quantitative estimate of drug-likeness (QED) is 0.918. The van der Waals surface area contributed by atoms with E-state index in [2.05, 4.69) is 25.9 Å². The highest BCUT2D eigenvalue weighted by Gasteiger charge is 2.05. The molecule has 0 saturated heterocycles. The Kier molecular flexibility index (Phi) is 3.05. The Bertz CT molecular complexity index is 499. The zero-order valence-electron chi connectivity index (χ0n) is 8.64. The maximum Gasteiger partial charge on any atom is 0.263 e. The molecule has 0 aliphatic rings. The van der Waals surface area contributed by atoms with Gasteiger partial charge in [-0.25, -0.2) is 9.97 Å². The molecule has 4 nitrogen and oxygen atoms in total. The van der Waals surface area contributed by atoms with Crippen LogP contribution in [0.5, 0.6) is 11.6 Å². The number of hydrogen-bond donors (Lipinski definition) is 1. The van der Waals surface area contributed by atoms with Gasteiger partial charge in [0.25, 0.3) is 5.88 Å². The van der Waals surface area contributed by atoms with Crippen LogP contribution < -0.4 is 10.5 Å². The third-order valence-corrected chi connectivity index (χ3v) is 2.36. The number of nitrogen functional groups attached to an aromatic ring is 1. The fourth-order valence-electron chi connectivity index (χ4n) is 1.15. The molecule has 5 heteroatoms. The van der Waals surface area contributed by atoms with Crippen molar-refractivity contribution in [3.63, 3.8) is 0 Å². The Labute approximate surface area is 102 Å². The second-order valence-electron chi connectivity index (χ2n) is 3.30. The second-order valence-corrected chi connectivity index (χ2v) is 4.11. The number of nitrogens with zero attached hydrogens (tertiary/aromatic N) is 2. The van der Waals surface area contributed by atoms with Gasteiger partial charge in [-0.05, 0) is 35.0 Å². The van der Waals surface area contributed by atoms with Gasteiger partial charge < -0.3 is 10.5 Å². The number of halogens is 1. The lowest BCUT2D eigenvalue weighted by atomic mass is 10.2. The monoisotopic (exact) mass is 279 g/mol. The third-order valence-electron chi connectivity index (χ3n) is 1.97. The van der Waals surface area contributed by atoms with Gasteiger partial charge in [-0.15, -0.1) is 0 Å². The Balaban J connectivity index is 2.26. The standard InChI is InChI=1S/C11H10BrN3O/c1-7-2-4-8(5-3-7)16-11-10(13)14-6-9(12)15-11/h2-6H,1H3,(H2,13,14). The van der Waals surface area contributed by atoms with Crippen molar-refractivity contribution in [2.45, 2.75) is 6.92 Å². The maximum absolute atomic E-state index is 5.65. The number of ether oxygens (including phenoxy) is 1. The van der Waals surface area contributed by atoms with E-state index in [1.165, 1.54) is 11.8 Å². The molecule has 16 heavy (non-hydrogen) atoms. The molecule has 0 radical (unpaired) electrons. The molecule has 0 aliphatic carbocycles. The molecule has 2 N–H and O–H groups in total. The molecule has 0 amide bonds. The van der Waals surface area contributed by atoms with Crippen molar-refractivity contribution in [3.8, 4) is 11.6 Å². The van der Waals surface area contributed by atoms with Gasteiger partial charge in [0.2, 0.25) is 0 Å². The average molecular weight is 280 g/mol. The first-order valence-corrected chi connectivity index (χ1v) is 5.47. The molecule has 0 aliphatic heterocycles. The molecule has 0 spiro atoms. The van der Waals surface area contributed by atoms with E-state index in [0.717, 1.165) is 0 Å². The van der Waals surface area contributed by atoms with Crippen LogP contribution in [0.2, 0.25) is 0 Å². The zero-order chi connectivity index (χ0) is 11.5. The summed E-state index contributed by atoms with van der Waals surface area (Å²) in [5.41, 5.74) is 6.82. The summed E-state index contributed by atoms with van der Waals surface area (Å²) in [7, 11) is 0. The van der Waals surface area contributed by atoms with Crippen LogP contribution in [0.15, 0.2) is 35.1 Å². The molecule has 1 aromatic heterocycles. The summed E-state index contributed by atoms with van der Waals surface area (Å²) < 4.78 is 6.10. The topological polar surface area (TPSA) is 61.0 Å². The summed E-state index contributed by atoms with van der Waals surface area (Å²) in [5.74, 6) is 1.26. The van der Waals surface area contributed by atoms with Crippen molar-refractivity contribution in [2.24, 2.45) is 0 Å². The van der Waals surface area contributed by atoms with Crippen molar-refractivity contribution in [2.75, 3.05) is 5.73 Å². The first-order valence-electron chi connectivity index (χ1n) is 4.67. The molecule has 0 saturated carbocycles. The minimum atomic E-state index is 0.267. The Morgan fingerprint density at radius 1 is 1.25 bits per heavy atom. The summed E-state index contributed by atoms with van der Waals surface area (Å²) in [5, 5.41) is 0. The third kappa shape index (κ3) is 2.49. The van der Waals surface area contributed by atoms with Crippen LogP contribution in [0.1, 0.15) is 5.56 Å². The molecule has 1 aromatic carbocycles. The van der Waals surface area contributed by atoms with E-state index >= 15 is 0 Å². The van der Waals surface area contributed by atoms with Gasteiger partial charge >= 0.3 is 0 Å². The highest BCUT2D eigenvalue weighted by molar-refractivity contribution is 9.10. The first-order chi connectivity index (χ1) is 7.65. The molecule has 1 heterocycles. The molecule has 0 bridgehead atoms. The van der Waals surface area contributed by atoms with Gasteiger partial charge in [-0.3, -0.25) is 0 Å². The zero-order valence-corrected chi connectivity index (χ0v) is 10.2. The van der Waals surface area contributed by atoms with E-state index in [1.807, 2.05) is 31.2 Å². The fourth-order valence-corrected chi connectivity index (χ4v) is 1.42. The number of rotatable bonds is 2. The number of nitrogens with two attached hydrogens (primary N) is 1. The van der Waals surface area contributed by atoms with Crippen LogP contribution in [-0.4, -0.2) is 9.97 Å². The van der Waals surface area contributed by atoms with Crippen molar-refractivity contribution in [3.05, 3.63) is 40.6 Å². The largest absolute Gasteiger partial charge is 0.436 e. The van der Waals surface area contributed by atoms with Gasteiger partial charge in [0.1, 0.15) is 10.4 Å². The van der Waals surface area contributed by atoms with Crippen LogP contribution in [-0.2, 0) is 0 Å². The summed E-state index contributed by atoms with van der Waals surface area (Å²) in [6.45, 7) is 2.01. The van der Waals surface area contributed by atoms with Gasteiger partial charge in [0.15, 0.2) is 5.82 Å². The van der Waals surface area contributed by atoms with Crippen molar-refractivity contribution in [1.82, 2.24) is 9.97 Å². The summed E-state index contributed by atoms with van der Waals surface area (Å²) in [6.07, 6.45) is 1.53. The van der Waals surface area contributed by atoms with Crippen molar-refractivity contribution in [1.29, 1.82) is 0 Å². The predicted octanol–water partition coefficient (Wildman–Crippen LogP) is 2.92. The molecular formula is C11H10BrN3O. The first kappa shape index (κ1) is 10.9. The molecule has 0 fully saturated rings. The minimum Gasteiger partial charge on any atom is -0.436 e. The smallest absolute Gasteiger partial charge is 0.263 e. The summed E-state index contributed by atoms with van der Waals surface area (Å²) in [4.78, 5) is 8.03. The normalized spacial score (nSPS) is 10.1. The lowest BCUT2D eigenvalue weighted by Gasteiger charge is -2.06. The molecular weight excluding hydrogens is 270 g/mol. The maximum atomic E-state index is 5.65. The predicted molar refractivity (Wildman–Crippen MR) is 65.4 cm³/mol. The van der Waals surface area contributed by atoms with E-state index < -0.39 is 0 Å². The number of hydrogen-bond acceptors (Lipinski definition) is 4. The lowest BCUT2D eigenvalue weighted by molar-refractivity contribution is 0.462. The van der Waals surface area contributed by atoms with Crippen LogP contribution >= 0.6 is 15.9 Å². The Morgan fingerprint density at radius 2 is 1.94 bits per heavy atom. The molecule has 0 atom stereocenters. The molecule has 2 rings (SSSR count). The van der Waals surface area contributed by atoms with Crippen LogP contribution in [0.4, 0.5) is 5.82 Å². The van der Waals surface area contributed by atoms with Crippen LogP contribution in [0.3, 0.4) is 0 Å². The number of benzene rings is 1. The highest BCUT2D eigenvalue weighted by Crippen LogP contribution is 2.25. The number of anilines is 1. The van der Waals surface area contributed by atoms with Gasteiger partial charge in [-0.2, -0.15) is 0 Å². The molecule has 0 unspecified atom stereocenters. The van der Waals surface area contributed by atoms with Crippen LogP contribution in [0, 0.1) is 6.92 Å². The average Bonchev–Trinajstić information content (AvgIpc) is 2.27. The van der Waals surface area contributed by atoms with Crippen molar-refractivity contribution < 1.29 is 4.74 Å². The van der Waals surface area contributed by atoms with E-state index in [-0.39, 0.29) is 5.82 Å². The lowest BCUT2D eigenvalue weighted by Crippen LogP contribution is -1.98. The summed E-state index contributed by atoms with van der Waals surface area (Å²) in [6, 6.07) is 7.63. The van der Waals surface area contributed by atoms with E-state index in [4.69, 9.17) is 10.5 Å². The van der Waals surface area contributed by atoms with Gasteiger partial charge in [0, 0.05) is 0 Å². The molecule has 82 valence electrons. The van der Waals surface area contributed by atoms with Crippen molar-refractivity contribution >= 4 is 21.7 Å². The number of aromatic nitrogens is 2. The Hall–Kier alpha value is -1.62. The Morgan fingerprint density at radius 3 is 2.62 bits per heavy atom. The summed E-state index contributed by atoms with van der Waals surface area (Å²) >= 11 is 3.21. The fraction of sp³-hybridized carbons (Fsp3) is 0.0909. The molecule has 2 aromatic rings. The highest BCUT2D eigenvalue weighted by atomic mass is 79.9. The van der Waals surface area contributed by atoms with E-state index in [9.17, 15) is 0 Å².